The Balaban J connectivity index is 1.02. The van der Waals surface area contributed by atoms with E-state index in [1.54, 1.807) is 0 Å². The van der Waals surface area contributed by atoms with Crippen molar-refractivity contribution < 1.29 is 0 Å². The van der Waals surface area contributed by atoms with Crippen molar-refractivity contribution in [3.05, 3.63) is 206 Å². The number of aromatic nitrogens is 4. The van der Waals surface area contributed by atoms with Gasteiger partial charge in [0.25, 0.3) is 0 Å². The van der Waals surface area contributed by atoms with E-state index in [1.165, 1.54) is 54.5 Å². The van der Waals surface area contributed by atoms with Gasteiger partial charge in [0.2, 0.25) is 0 Å². The van der Waals surface area contributed by atoms with Crippen LogP contribution in [-0.4, -0.2) is 19.1 Å². The van der Waals surface area contributed by atoms with Crippen molar-refractivity contribution >= 4 is 54.4 Å². The molecule has 9 aromatic carbocycles. The van der Waals surface area contributed by atoms with E-state index in [4.69, 9.17) is 9.97 Å². The van der Waals surface area contributed by atoms with Crippen molar-refractivity contribution in [1.82, 2.24) is 19.1 Å². The molecule has 0 spiro atoms. The maximum absolute atomic E-state index is 5.50. The van der Waals surface area contributed by atoms with E-state index < -0.39 is 0 Å². The number of hydrogen-bond acceptors (Lipinski definition) is 2. The molecule has 0 fully saturated rings. The zero-order valence-electron chi connectivity index (χ0n) is 32.4. The normalized spacial score (nSPS) is 12.0. The second kappa shape index (κ2) is 12.7. The molecule has 1 aliphatic rings. The predicted molar refractivity (Wildman–Crippen MR) is 249 cm³/mol. The zero-order chi connectivity index (χ0) is 39.3. The SMILES string of the molecule is c1cc(-c2cnc3c(n2)-c2ccccc2-c2ccccc2-c2ccccc2-3)cc(-n2c3ccccc3c3c4c5ccccc5n(-c5ccc6ccccc6c5)c4ccc32)c1. The van der Waals surface area contributed by atoms with Crippen LogP contribution >= 0.6 is 0 Å². The van der Waals surface area contributed by atoms with Crippen LogP contribution in [0.15, 0.2) is 206 Å². The lowest BCUT2D eigenvalue weighted by Gasteiger charge is -2.22. The van der Waals surface area contributed by atoms with Gasteiger partial charge in [-0.1, -0.05) is 152 Å². The fourth-order valence-corrected chi connectivity index (χ4v) is 9.91. The monoisotopic (exact) mass is 762 g/mol. The molecule has 4 nitrogen and oxygen atoms in total. The van der Waals surface area contributed by atoms with Crippen LogP contribution < -0.4 is 0 Å². The third-order valence-corrected chi connectivity index (χ3v) is 12.5. The van der Waals surface area contributed by atoms with E-state index in [0.717, 1.165) is 67.3 Å². The van der Waals surface area contributed by atoms with Crippen LogP contribution in [0, 0.1) is 0 Å². The maximum Gasteiger partial charge on any atom is 0.0979 e. The number of rotatable bonds is 3. The Labute approximate surface area is 345 Å². The summed E-state index contributed by atoms with van der Waals surface area (Å²) in [5.41, 5.74) is 17.4. The second-order valence-electron chi connectivity index (χ2n) is 15.7. The van der Waals surface area contributed by atoms with Crippen LogP contribution in [0.3, 0.4) is 0 Å². The first-order chi connectivity index (χ1) is 29.8. The molecule has 3 aromatic heterocycles. The van der Waals surface area contributed by atoms with Crippen LogP contribution in [0.25, 0.3) is 122 Å². The molecule has 0 radical (unpaired) electrons. The summed E-state index contributed by atoms with van der Waals surface area (Å²) in [6.07, 6.45) is 1.95. The number of hydrogen-bond donors (Lipinski definition) is 0. The molecular weight excluding hydrogens is 729 g/mol. The van der Waals surface area contributed by atoms with Gasteiger partial charge >= 0.3 is 0 Å². The highest BCUT2D eigenvalue weighted by Gasteiger charge is 2.25. The Morgan fingerprint density at radius 1 is 0.333 bits per heavy atom. The smallest absolute Gasteiger partial charge is 0.0979 e. The molecule has 0 atom stereocenters. The van der Waals surface area contributed by atoms with Gasteiger partial charge in [0.15, 0.2) is 0 Å². The molecule has 3 heterocycles. The van der Waals surface area contributed by atoms with Crippen LogP contribution in [0.2, 0.25) is 0 Å². The third kappa shape index (κ3) is 4.73. The van der Waals surface area contributed by atoms with Gasteiger partial charge in [-0.25, -0.2) is 4.98 Å². The molecule has 0 saturated heterocycles. The summed E-state index contributed by atoms with van der Waals surface area (Å²) in [5.74, 6) is 0. The fourth-order valence-electron chi connectivity index (χ4n) is 9.91. The first-order valence-corrected chi connectivity index (χ1v) is 20.5. The van der Waals surface area contributed by atoms with Crippen LogP contribution in [0.4, 0.5) is 0 Å². The Morgan fingerprint density at radius 2 is 0.833 bits per heavy atom. The molecule has 0 unspecified atom stereocenters. The number of fused-ring (bicyclic) bond motifs is 16. The summed E-state index contributed by atoms with van der Waals surface area (Å²) < 4.78 is 4.84. The highest BCUT2D eigenvalue weighted by atomic mass is 15.0. The Hall–Kier alpha value is -8.08. The molecule has 0 aliphatic heterocycles. The Kier molecular flexibility index (Phi) is 6.98. The van der Waals surface area contributed by atoms with Crippen molar-refractivity contribution in [1.29, 1.82) is 0 Å². The summed E-state index contributed by atoms with van der Waals surface area (Å²) in [5, 5.41) is 7.44. The highest BCUT2D eigenvalue weighted by molar-refractivity contribution is 6.29. The minimum absolute atomic E-state index is 0.832. The first-order valence-electron chi connectivity index (χ1n) is 20.5. The van der Waals surface area contributed by atoms with Crippen molar-refractivity contribution in [3.63, 3.8) is 0 Å². The van der Waals surface area contributed by atoms with E-state index in [-0.39, 0.29) is 0 Å². The molecule has 4 heteroatoms. The van der Waals surface area contributed by atoms with Gasteiger partial charge in [-0.2, -0.15) is 0 Å². The number of benzene rings is 9. The van der Waals surface area contributed by atoms with Crippen LogP contribution in [0.1, 0.15) is 0 Å². The number of nitrogens with zero attached hydrogens (tertiary/aromatic N) is 4. The molecule has 12 aromatic rings. The molecule has 13 rings (SSSR count). The average Bonchev–Trinajstić information content (AvgIpc) is 3.84. The van der Waals surface area contributed by atoms with Gasteiger partial charge in [0, 0.05) is 49.6 Å². The zero-order valence-corrected chi connectivity index (χ0v) is 32.4. The lowest BCUT2D eigenvalue weighted by Crippen LogP contribution is -2.02. The lowest BCUT2D eigenvalue weighted by atomic mass is 9.84. The van der Waals surface area contributed by atoms with Crippen molar-refractivity contribution in [2.75, 3.05) is 0 Å². The quantitative estimate of drug-likeness (QED) is 0.180. The number of para-hydroxylation sites is 2. The maximum atomic E-state index is 5.50. The largest absolute Gasteiger partial charge is 0.309 e. The highest BCUT2D eigenvalue weighted by Crippen LogP contribution is 2.47. The van der Waals surface area contributed by atoms with E-state index in [2.05, 4.69) is 209 Å². The predicted octanol–water partition coefficient (Wildman–Crippen LogP) is 14.5. The minimum Gasteiger partial charge on any atom is -0.309 e. The van der Waals surface area contributed by atoms with E-state index in [0.29, 0.717) is 0 Å². The van der Waals surface area contributed by atoms with Gasteiger partial charge in [-0.05, 0) is 81.6 Å². The van der Waals surface area contributed by atoms with E-state index in [1.807, 2.05) is 6.20 Å². The fraction of sp³-hybridized carbons (Fsp3) is 0. The van der Waals surface area contributed by atoms with Crippen LogP contribution in [-0.2, 0) is 0 Å². The third-order valence-electron chi connectivity index (χ3n) is 12.5. The summed E-state index contributed by atoms with van der Waals surface area (Å²) >= 11 is 0. The first kappa shape index (κ1) is 32.9. The molecule has 278 valence electrons. The summed E-state index contributed by atoms with van der Waals surface area (Å²) in [6, 6.07) is 72.3. The molecule has 0 saturated carbocycles. The van der Waals surface area contributed by atoms with Gasteiger partial charge in [0.05, 0.1) is 45.3 Å². The minimum atomic E-state index is 0.832. The van der Waals surface area contributed by atoms with Gasteiger partial charge < -0.3 is 9.13 Å². The van der Waals surface area contributed by atoms with E-state index >= 15 is 0 Å². The lowest BCUT2D eigenvalue weighted by molar-refractivity contribution is 1.17. The molecule has 0 bridgehead atoms. The van der Waals surface area contributed by atoms with Gasteiger partial charge in [-0.15, -0.1) is 0 Å². The van der Waals surface area contributed by atoms with Crippen molar-refractivity contribution in [3.8, 4) is 67.4 Å². The summed E-state index contributed by atoms with van der Waals surface area (Å²) in [6.45, 7) is 0. The second-order valence-corrected chi connectivity index (χ2v) is 15.7. The Morgan fingerprint density at radius 3 is 1.47 bits per heavy atom. The van der Waals surface area contributed by atoms with Gasteiger partial charge in [0.1, 0.15) is 0 Å². The Bertz CT molecular complexity index is 3730. The molecule has 60 heavy (non-hydrogen) atoms. The molecule has 0 amide bonds. The average molecular weight is 763 g/mol. The molecule has 1 aliphatic carbocycles. The molecular formula is C56H34N4. The standard InChI is InChI=1S/C56H34N4/c1-2-15-36-32-39(29-28-35(36)14-1)60-50-27-12-10-25-47(50)54-52(60)31-30-51-53(54)46-24-9-11-26-49(46)59(51)38-17-13-16-37(33-38)48-34-57-55-44-22-7-5-20-42(44)40-18-3-4-19-41(40)43-21-6-8-23-45(43)56(55)58-48/h1-34H. The summed E-state index contributed by atoms with van der Waals surface area (Å²) in [7, 11) is 0. The van der Waals surface area contributed by atoms with Gasteiger partial charge in [-0.3, -0.25) is 4.98 Å². The topological polar surface area (TPSA) is 35.6 Å². The van der Waals surface area contributed by atoms with Crippen molar-refractivity contribution in [2.24, 2.45) is 0 Å². The summed E-state index contributed by atoms with van der Waals surface area (Å²) in [4.78, 5) is 10.7. The van der Waals surface area contributed by atoms with E-state index in [9.17, 15) is 0 Å². The van der Waals surface area contributed by atoms with Crippen molar-refractivity contribution in [2.45, 2.75) is 0 Å². The molecule has 0 N–H and O–H groups in total. The van der Waals surface area contributed by atoms with Crippen LogP contribution in [0.5, 0.6) is 0 Å².